The van der Waals surface area contributed by atoms with Crippen LogP contribution in [0.25, 0.3) is 0 Å². The van der Waals surface area contributed by atoms with E-state index < -0.39 is 0 Å². The van der Waals surface area contributed by atoms with Crippen LogP contribution in [0, 0.1) is 0 Å². The van der Waals surface area contributed by atoms with Crippen molar-refractivity contribution in [3.8, 4) is 0 Å². The molecule has 1 aromatic carbocycles. The van der Waals surface area contributed by atoms with Gasteiger partial charge in [0.15, 0.2) is 6.04 Å². The Morgan fingerprint density at radius 1 is 1.23 bits per heavy atom. The number of nitrogens with one attached hydrogen (secondary N) is 1. The third-order valence-electron chi connectivity index (χ3n) is 4.30. The van der Waals surface area contributed by atoms with Crippen LogP contribution in [0.1, 0.15) is 6.42 Å². The Morgan fingerprint density at radius 3 is 2.59 bits per heavy atom. The minimum absolute atomic E-state index is 0.179. The topological polar surface area (TPSA) is 62.1 Å². The van der Waals surface area contributed by atoms with Gasteiger partial charge in [-0.1, -0.05) is 17.7 Å². The molecule has 6 nitrogen and oxygen atoms in total. The highest BCUT2D eigenvalue weighted by Gasteiger charge is 2.46. The number of rotatable bonds is 3. The predicted octanol–water partition coefficient (Wildman–Crippen LogP) is -0.671. The largest absolute Gasteiger partial charge is 0.334 e. The second-order valence-corrected chi connectivity index (χ2v) is 6.04. The van der Waals surface area contributed by atoms with Gasteiger partial charge in [0.05, 0.1) is 38.3 Å². The molecule has 1 aromatic rings. The normalized spacial score (nSPS) is 23.2. The summed E-state index contributed by atoms with van der Waals surface area (Å²) in [6, 6.07) is 6.40. The first-order valence-electron chi connectivity index (χ1n) is 7.26. The molecule has 0 radical (unpaired) electrons. The van der Waals surface area contributed by atoms with Crippen molar-refractivity contribution in [2.24, 2.45) is 0 Å². The molecule has 0 spiro atoms. The molecule has 0 aromatic heterocycles. The average molecular weight is 323 g/mol. The summed E-state index contributed by atoms with van der Waals surface area (Å²) in [5.74, 6) is -0.371. The zero-order valence-electron chi connectivity index (χ0n) is 12.0. The van der Waals surface area contributed by atoms with Gasteiger partial charge in [-0.2, -0.15) is 0 Å². The van der Waals surface area contributed by atoms with E-state index in [1.807, 2.05) is 0 Å². The van der Waals surface area contributed by atoms with Crippen LogP contribution in [0.5, 0.6) is 0 Å². The number of hydrogen-bond acceptors (Lipinski definition) is 3. The van der Waals surface area contributed by atoms with E-state index in [2.05, 4.69) is 0 Å². The van der Waals surface area contributed by atoms with E-state index >= 15 is 0 Å². The fraction of sp³-hybridized carbons (Fsp3) is 0.400. The van der Waals surface area contributed by atoms with E-state index in [4.69, 9.17) is 11.6 Å². The Morgan fingerprint density at radius 2 is 1.95 bits per heavy atom. The summed E-state index contributed by atoms with van der Waals surface area (Å²) in [7, 11) is 0. The minimum atomic E-state index is -0.361. The van der Waals surface area contributed by atoms with Crippen LogP contribution in [0.2, 0.25) is 5.02 Å². The molecule has 3 amide bonds. The highest BCUT2D eigenvalue weighted by molar-refractivity contribution is 6.31. The molecule has 1 N–H and O–H groups in total. The molecule has 22 heavy (non-hydrogen) atoms. The van der Waals surface area contributed by atoms with E-state index in [1.165, 1.54) is 4.90 Å². The minimum Gasteiger partial charge on any atom is -0.334 e. The van der Waals surface area contributed by atoms with Gasteiger partial charge >= 0.3 is 0 Å². The lowest BCUT2D eigenvalue weighted by atomic mass is 10.2. The number of anilines is 1. The van der Waals surface area contributed by atoms with Gasteiger partial charge in [-0.3, -0.25) is 14.4 Å². The Balaban J connectivity index is 1.76. The van der Waals surface area contributed by atoms with Crippen molar-refractivity contribution >= 4 is 35.5 Å². The molecule has 2 saturated heterocycles. The van der Waals surface area contributed by atoms with Gasteiger partial charge in [0.2, 0.25) is 12.3 Å². The number of carbonyl (C=O) groups is 3. The molecule has 3 rings (SSSR count). The number of quaternary nitrogens is 1. The molecule has 1 atom stereocenters. The Bertz CT molecular complexity index is 614. The van der Waals surface area contributed by atoms with Gasteiger partial charge in [-0.15, -0.1) is 0 Å². The third-order valence-corrected chi connectivity index (χ3v) is 4.53. The van der Waals surface area contributed by atoms with Gasteiger partial charge in [-0.25, -0.2) is 4.90 Å². The number of benzene rings is 1. The summed E-state index contributed by atoms with van der Waals surface area (Å²) in [5.41, 5.74) is 0.524. The van der Waals surface area contributed by atoms with Crippen LogP contribution >= 0.6 is 11.6 Å². The molecule has 0 unspecified atom stereocenters. The standard InChI is InChI=1S/C15H16ClN3O3/c16-11-2-1-3-12(8-11)19-14(21)9-13(15(19)22)18-6-4-17(10-20)5-7-18/h1-3,8,10,13H,4-7,9H2/p+1/t13-/m1/s1. The zero-order valence-corrected chi connectivity index (χ0v) is 12.8. The molecule has 7 heteroatoms. The first kappa shape index (κ1) is 15.0. The van der Waals surface area contributed by atoms with Gasteiger partial charge < -0.3 is 9.80 Å². The summed E-state index contributed by atoms with van der Waals surface area (Å²) >= 11 is 5.94. The van der Waals surface area contributed by atoms with Crippen molar-refractivity contribution in [3.63, 3.8) is 0 Å². The molecule has 2 fully saturated rings. The SMILES string of the molecule is O=CN1CC[NH+]([C@@H]2CC(=O)N(c3cccc(Cl)c3)C2=O)CC1. The van der Waals surface area contributed by atoms with E-state index in [-0.39, 0.29) is 24.3 Å². The van der Waals surface area contributed by atoms with Gasteiger partial charge in [0, 0.05) is 5.02 Å². The first-order chi connectivity index (χ1) is 10.6. The van der Waals surface area contributed by atoms with Gasteiger partial charge in [-0.05, 0) is 18.2 Å². The number of nitrogens with zero attached hydrogens (tertiary/aromatic N) is 2. The molecule has 2 heterocycles. The monoisotopic (exact) mass is 322 g/mol. The molecule has 116 valence electrons. The Kier molecular flexibility index (Phi) is 4.13. The smallest absolute Gasteiger partial charge is 0.292 e. The molecule has 2 aliphatic rings. The number of imide groups is 1. The summed E-state index contributed by atoms with van der Waals surface area (Å²) in [6.07, 6.45) is 1.04. The summed E-state index contributed by atoms with van der Waals surface area (Å²) in [6.45, 7) is 2.61. The molecule has 0 saturated carbocycles. The number of hydrogen-bond donors (Lipinski definition) is 1. The number of carbonyl (C=O) groups excluding carboxylic acids is 3. The fourth-order valence-electron chi connectivity index (χ4n) is 3.10. The van der Waals surface area contributed by atoms with E-state index in [0.717, 1.165) is 11.3 Å². The Hall–Kier alpha value is -1.92. The molecule has 0 aliphatic carbocycles. The van der Waals surface area contributed by atoms with E-state index in [0.29, 0.717) is 36.9 Å². The predicted molar refractivity (Wildman–Crippen MR) is 80.7 cm³/mol. The zero-order chi connectivity index (χ0) is 15.7. The molecular weight excluding hydrogens is 306 g/mol. The highest BCUT2D eigenvalue weighted by atomic mass is 35.5. The number of piperazine rings is 1. The maximum Gasteiger partial charge on any atom is 0.292 e. The average Bonchev–Trinajstić information content (AvgIpc) is 2.82. The van der Waals surface area contributed by atoms with Crippen molar-refractivity contribution < 1.29 is 19.3 Å². The van der Waals surface area contributed by atoms with Crippen LogP contribution in [-0.2, 0) is 14.4 Å². The number of halogens is 1. The fourth-order valence-corrected chi connectivity index (χ4v) is 3.29. The first-order valence-corrected chi connectivity index (χ1v) is 7.64. The van der Waals surface area contributed by atoms with Crippen molar-refractivity contribution in [2.45, 2.75) is 12.5 Å². The van der Waals surface area contributed by atoms with Gasteiger partial charge in [0.25, 0.3) is 5.91 Å². The second-order valence-electron chi connectivity index (χ2n) is 5.60. The number of amides is 3. The summed E-state index contributed by atoms with van der Waals surface area (Å²) in [4.78, 5) is 39.6. The van der Waals surface area contributed by atoms with Crippen LogP contribution in [0.4, 0.5) is 5.69 Å². The van der Waals surface area contributed by atoms with Crippen molar-refractivity contribution in [1.29, 1.82) is 0 Å². The van der Waals surface area contributed by atoms with E-state index in [1.54, 1.807) is 29.2 Å². The third kappa shape index (κ3) is 2.71. The maximum atomic E-state index is 12.6. The molecule has 0 bridgehead atoms. The lowest BCUT2D eigenvalue weighted by Gasteiger charge is -2.32. The van der Waals surface area contributed by atoms with Crippen molar-refractivity contribution in [2.75, 3.05) is 31.1 Å². The van der Waals surface area contributed by atoms with Crippen LogP contribution in [-0.4, -0.2) is 55.3 Å². The lowest BCUT2D eigenvalue weighted by Crippen LogP contribution is -3.19. The van der Waals surface area contributed by atoms with E-state index in [9.17, 15) is 14.4 Å². The van der Waals surface area contributed by atoms with Crippen molar-refractivity contribution in [3.05, 3.63) is 29.3 Å². The van der Waals surface area contributed by atoms with Crippen LogP contribution in [0.3, 0.4) is 0 Å². The second kappa shape index (κ2) is 6.06. The van der Waals surface area contributed by atoms with Crippen LogP contribution < -0.4 is 9.80 Å². The quantitative estimate of drug-likeness (QED) is 0.593. The summed E-state index contributed by atoms with van der Waals surface area (Å²) in [5, 5.41) is 0.494. The highest BCUT2D eigenvalue weighted by Crippen LogP contribution is 2.24. The maximum absolute atomic E-state index is 12.6. The molecular formula is C15H17ClN3O3+. The molecule has 2 aliphatic heterocycles. The van der Waals surface area contributed by atoms with Crippen LogP contribution in [0.15, 0.2) is 24.3 Å². The van der Waals surface area contributed by atoms with Gasteiger partial charge in [0.1, 0.15) is 0 Å². The van der Waals surface area contributed by atoms with Crippen molar-refractivity contribution in [1.82, 2.24) is 4.90 Å². The lowest BCUT2D eigenvalue weighted by molar-refractivity contribution is -0.918. The summed E-state index contributed by atoms with van der Waals surface area (Å²) < 4.78 is 0. The Labute approximate surface area is 133 Å².